The van der Waals surface area contributed by atoms with E-state index in [0.29, 0.717) is 18.3 Å². The van der Waals surface area contributed by atoms with Crippen molar-refractivity contribution in [1.29, 1.82) is 0 Å². The van der Waals surface area contributed by atoms with E-state index in [1.54, 1.807) is 6.07 Å². The normalized spacial score (nSPS) is 20.0. The second kappa shape index (κ2) is 13.2. The summed E-state index contributed by atoms with van der Waals surface area (Å²) in [6.07, 6.45) is 18.0. The Kier molecular flexibility index (Phi) is 10.9. The van der Waals surface area contributed by atoms with Gasteiger partial charge in [0, 0.05) is 0 Å². The molecular weight excluding hydrogens is 335 g/mol. The van der Waals surface area contributed by atoms with E-state index in [-0.39, 0.29) is 5.82 Å². The summed E-state index contributed by atoms with van der Waals surface area (Å²) in [5, 5.41) is 0. The fourth-order valence-corrected chi connectivity index (χ4v) is 4.42. The van der Waals surface area contributed by atoms with Crippen molar-refractivity contribution >= 4 is 0 Å². The zero-order valence-corrected chi connectivity index (χ0v) is 17.8. The largest absolute Gasteiger partial charge is 0.491 e. The van der Waals surface area contributed by atoms with Gasteiger partial charge in [0.25, 0.3) is 0 Å². The molecule has 1 aromatic rings. The van der Waals surface area contributed by atoms with Gasteiger partial charge in [-0.2, -0.15) is 0 Å². The standard InChI is InChI=1S/C25H41FO/c1-3-5-7-9-10-12-21-13-15-22(16-14-21)23-17-18-25(24(26)20-23)27-19-11-8-6-4-2/h17-18,20-22H,3-16,19H2,1-2H3/t21-,22-. The Balaban J connectivity index is 1.70. The van der Waals surface area contributed by atoms with E-state index >= 15 is 0 Å². The van der Waals surface area contributed by atoms with Gasteiger partial charge in [0.15, 0.2) is 11.6 Å². The maximum Gasteiger partial charge on any atom is 0.165 e. The third kappa shape index (κ3) is 8.23. The molecule has 0 saturated heterocycles. The molecule has 0 bridgehead atoms. The van der Waals surface area contributed by atoms with Gasteiger partial charge in [-0.3, -0.25) is 0 Å². The molecule has 0 heterocycles. The number of ether oxygens (including phenoxy) is 1. The van der Waals surface area contributed by atoms with Crippen LogP contribution >= 0.6 is 0 Å². The van der Waals surface area contributed by atoms with E-state index in [0.717, 1.165) is 18.8 Å². The number of rotatable bonds is 13. The number of hydrogen-bond donors (Lipinski definition) is 0. The highest BCUT2D eigenvalue weighted by Crippen LogP contribution is 2.38. The summed E-state index contributed by atoms with van der Waals surface area (Å²) in [6.45, 7) is 5.09. The fourth-order valence-electron chi connectivity index (χ4n) is 4.42. The topological polar surface area (TPSA) is 9.23 Å². The summed E-state index contributed by atoms with van der Waals surface area (Å²) in [7, 11) is 0. The minimum Gasteiger partial charge on any atom is -0.491 e. The molecule has 0 N–H and O–H groups in total. The van der Waals surface area contributed by atoms with Gasteiger partial charge >= 0.3 is 0 Å². The zero-order valence-electron chi connectivity index (χ0n) is 17.8. The number of hydrogen-bond acceptors (Lipinski definition) is 1. The van der Waals surface area contributed by atoms with Crippen molar-refractivity contribution in [2.45, 2.75) is 110 Å². The molecule has 0 aliphatic heterocycles. The molecule has 0 amide bonds. The molecule has 27 heavy (non-hydrogen) atoms. The molecule has 0 unspecified atom stereocenters. The lowest BCUT2D eigenvalue weighted by atomic mass is 9.77. The van der Waals surface area contributed by atoms with Crippen molar-refractivity contribution in [3.63, 3.8) is 0 Å². The first-order valence-corrected chi connectivity index (χ1v) is 11.7. The molecule has 1 aliphatic rings. The maximum absolute atomic E-state index is 14.4. The van der Waals surface area contributed by atoms with Gasteiger partial charge in [0.2, 0.25) is 0 Å². The predicted octanol–water partition coefficient (Wildman–Crippen LogP) is 8.42. The summed E-state index contributed by atoms with van der Waals surface area (Å²) < 4.78 is 20.0. The summed E-state index contributed by atoms with van der Waals surface area (Å²) in [6, 6.07) is 5.68. The molecular formula is C25H41FO. The van der Waals surface area contributed by atoms with Gasteiger partial charge in [-0.05, 0) is 61.6 Å². The molecule has 2 rings (SSSR count). The zero-order chi connectivity index (χ0) is 19.3. The molecule has 1 saturated carbocycles. The molecule has 0 radical (unpaired) electrons. The van der Waals surface area contributed by atoms with Crippen LogP contribution in [0.4, 0.5) is 4.39 Å². The number of benzene rings is 1. The first-order chi connectivity index (χ1) is 13.2. The van der Waals surface area contributed by atoms with Crippen molar-refractivity contribution in [2.24, 2.45) is 5.92 Å². The maximum atomic E-state index is 14.4. The predicted molar refractivity (Wildman–Crippen MR) is 114 cm³/mol. The average Bonchev–Trinajstić information content (AvgIpc) is 2.69. The Morgan fingerprint density at radius 1 is 0.852 bits per heavy atom. The monoisotopic (exact) mass is 376 g/mol. The molecule has 0 atom stereocenters. The van der Waals surface area contributed by atoms with Crippen molar-refractivity contribution in [2.75, 3.05) is 6.61 Å². The van der Waals surface area contributed by atoms with Crippen LogP contribution in [0.5, 0.6) is 5.75 Å². The first kappa shape index (κ1) is 22.2. The van der Waals surface area contributed by atoms with Crippen molar-refractivity contribution in [3.05, 3.63) is 29.6 Å². The van der Waals surface area contributed by atoms with Gasteiger partial charge < -0.3 is 4.74 Å². The second-order valence-corrected chi connectivity index (χ2v) is 8.52. The second-order valence-electron chi connectivity index (χ2n) is 8.52. The molecule has 1 aliphatic carbocycles. The third-order valence-electron chi connectivity index (χ3n) is 6.25. The molecule has 0 spiro atoms. The van der Waals surface area contributed by atoms with Crippen LogP contribution in [0, 0.1) is 11.7 Å². The first-order valence-electron chi connectivity index (χ1n) is 11.7. The molecule has 1 nitrogen and oxygen atoms in total. The Hall–Kier alpha value is -1.05. The van der Waals surface area contributed by atoms with Gasteiger partial charge in [-0.25, -0.2) is 4.39 Å². The lowest BCUT2D eigenvalue weighted by Crippen LogP contribution is -2.13. The fraction of sp³-hybridized carbons (Fsp3) is 0.760. The van der Waals surface area contributed by atoms with Crippen LogP contribution in [0.2, 0.25) is 0 Å². The van der Waals surface area contributed by atoms with E-state index in [1.165, 1.54) is 82.6 Å². The average molecular weight is 377 g/mol. The molecule has 2 heteroatoms. The summed E-state index contributed by atoms with van der Waals surface area (Å²) in [4.78, 5) is 0. The minimum atomic E-state index is -0.180. The van der Waals surface area contributed by atoms with E-state index in [9.17, 15) is 4.39 Å². The minimum absolute atomic E-state index is 0.180. The van der Waals surface area contributed by atoms with Crippen LogP contribution in [0.1, 0.15) is 115 Å². The van der Waals surface area contributed by atoms with Crippen molar-refractivity contribution in [3.8, 4) is 5.75 Å². The smallest absolute Gasteiger partial charge is 0.165 e. The highest BCUT2D eigenvalue weighted by molar-refractivity contribution is 5.31. The summed E-state index contributed by atoms with van der Waals surface area (Å²) in [5.74, 6) is 1.69. The van der Waals surface area contributed by atoms with Crippen LogP contribution in [-0.2, 0) is 0 Å². The molecule has 154 valence electrons. The summed E-state index contributed by atoms with van der Waals surface area (Å²) >= 11 is 0. The van der Waals surface area contributed by atoms with Crippen LogP contribution in [0.25, 0.3) is 0 Å². The lowest BCUT2D eigenvalue weighted by Gasteiger charge is -2.29. The van der Waals surface area contributed by atoms with Gasteiger partial charge in [0.1, 0.15) is 0 Å². The molecule has 1 fully saturated rings. The third-order valence-corrected chi connectivity index (χ3v) is 6.25. The quantitative estimate of drug-likeness (QED) is 0.314. The number of halogens is 1. The van der Waals surface area contributed by atoms with Crippen molar-refractivity contribution in [1.82, 2.24) is 0 Å². The molecule has 0 aromatic heterocycles. The Labute approximate surface area is 167 Å². The van der Waals surface area contributed by atoms with Gasteiger partial charge in [-0.15, -0.1) is 0 Å². The highest BCUT2D eigenvalue weighted by atomic mass is 19.1. The molecule has 1 aromatic carbocycles. The van der Waals surface area contributed by atoms with Gasteiger partial charge in [0.05, 0.1) is 6.61 Å². The van der Waals surface area contributed by atoms with Crippen LogP contribution in [-0.4, -0.2) is 6.61 Å². The summed E-state index contributed by atoms with van der Waals surface area (Å²) in [5.41, 5.74) is 1.17. The number of unbranched alkanes of at least 4 members (excludes halogenated alkanes) is 7. The van der Waals surface area contributed by atoms with E-state index in [4.69, 9.17) is 4.74 Å². The van der Waals surface area contributed by atoms with Crippen molar-refractivity contribution < 1.29 is 9.13 Å². The van der Waals surface area contributed by atoms with Gasteiger partial charge in [-0.1, -0.05) is 77.7 Å². The van der Waals surface area contributed by atoms with E-state index in [2.05, 4.69) is 19.9 Å². The van der Waals surface area contributed by atoms with Crippen LogP contribution < -0.4 is 4.74 Å². The SMILES string of the molecule is CCCCCCC[C@H]1CC[C@H](c2ccc(OCCCCCC)c(F)c2)CC1. The van der Waals surface area contributed by atoms with Crippen LogP contribution in [0.3, 0.4) is 0 Å². The van der Waals surface area contributed by atoms with E-state index < -0.39 is 0 Å². The van der Waals surface area contributed by atoms with Crippen LogP contribution in [0.15, 0.2) is 18.2 Å². The lowest BCUT2D eigenvalue weighted by molar-refractivity contribution is 0.288. The highest BCUT2D eigenvalue weighted by Gasteiger charge is 2.22. The Bertz CT molecular complexity index is 505. The Morgan fingerprint density at radius 3 is 2.19 bits per heavy atom. The van der Waals surface area contributed by atoms with E-state index in [1.807, 2.05) is 6.07 Å². The Morgan fingerprint density at radius 2 is 1.52 bits per heavy atom.